The molecule has 0 aliphatic heterocycles. The standard InChI is InChI=1S/C14H16N2O3/c1-15(2)7-8-16-9-11(14(18)19)13(17)10-5-3-4-6-12(10)16/h3-6,9H,7-8H2,1-2H3,(H,18,19). The normalized spacial score (nSPS) is 11.1. The van der Waals surface area contributed by atoms with Gasteiger partial charge in [0.2, 0.25) is 5.43 Å². The number of benzene rings is 1. The third kappa shape index (κ3) is 2.66. The maximum atomic E-state index is 12.1. The first-order chi connectivity index (χ1) is 9.00. The first kappa shape index (κ1) is 13.3. The second-order valence-electron chi connectivity index (χ2n) is 4.69. The first-order valence-corrected chi connectivity index (χ1v) is 6.01. The number of hydrogen-bond donors (Lipinski definition) is 1. The van der Waals surface area contributed by atoms with Gasteiger partial charge in [-0.15, -0.1) is 0 Å². The molecule has 1 aromatic carbocycles. The largest absolute Gasteiger partial charge is 0.477 e. The number of carboxylic acids is 1. The number of carboxylic acid groups (broad SMARTS) is 1. The number of likely N-dealkylation sites (N-methyl/N-ethyl adjacent to an activating group) is 1. The van der Waals surface area contributed by atoms with E-state index in [-0.39, 0.29) is 5.56 Å². The molecule has 1 aromatic heterocycles. The molecule has 0 saturated carbocycles. The van der Waals surface area contributed by atoms with Gasteiger partial charge >= 0.3 is 5.97 Å². The summed E-state index contributed by atoms with van der Waals surface area (Å²) >= 11 is 0. The lowest BCUT2D eigenvalue weighted by Gasteiger charge is -2.15. The maximum absolute atomic E-state index is 12.1. The van der Waals surface area contributed by atoms with Crippen molar-refractivity contribution in [1.82, 2.24) is 9.47 Å². The van der Waals surface area contributed by atoms with Gasteiger partial charge in [0.25, 0.3) is 0 Å². The summed E-state index contributed by atoms with van der Waals surface area (Å²) in [5.74, 6) is -1.19. The number of aromatic nitrogens is 1. The highest BCUT2D eigenvalue weighted by atomic mass is 16.4. The number of pyridine rings is 1. The molecule has 19 heavy (non-hydrogen) atoms. The van der Waals surface area contributed by atoms with Gasteiger partial charge in [-0.2, -0.15) is 0 Å². The Morgan fingerprint density at radius 2 is 2.00 bits per heavy atom. The third-order valence-corrected chi connectivity index (χ3v) is 3.01. The summed E-state index contributed by atoms with van der Waals surface area (Å²) in [5, 5.41) is 9.55. The average molecular weight is 260 g/mol. The highest BCUT2D eigenvalue weighted by molar-refractivity contribution is 5.92. The number of nitrogens with zero attached hydrogens (tertiary/aromatic N) is 2. The SMILES string of the molecule is CN(C)CCn1cc(C(=O)O)c(=O)c2ccccc21. The highest BCUT2D eigenvalue weighted by Crippen LogP contribution is 2.11. The second-order valence-corrected chi connectivity index (χ2v) is 4.69. The molecule has 0 amide bonds. The summed E-state index contributed by atoms with van der Waals surface area (Å²) in [7, 11) is 3.89. The maximum Gasteiger partial charge on any atom is 0.341 e. The fourth-order valence-corrected chi connectivity index (χ4v) is 1.99. The van der Waals surface area contributed by atoms with Gasteiger partial charge in [0.05, 0.1) is 5.52 Å². The molecule has 2 rings (SSSR count). The van der Waals surface area contributed by atoms with Crippen molar-refractivity contribution in [2.75, 3.05) is 20.6 Å². The van der Waals surface area contributed by atoms with E-state index in [0.717, 1.165) is 12.1 Å². The molecule has 0 aliphatic carbocycles. The van der Waals surface area contributed by atoms with Crippen LogP contribution in [0.4, 0.5) is 0 Å². The lowest BCUT2D eigenvalue weighted by atomic mass is 10.1. The number of hydrogen-bond acceptors (Lipinski definition) is 3. The average Bonchev–Trinajstić information content (AvgIpc) is 2.37. The van der Waals surface area contributed by atoms with Crippen molar-refractivity contribution in [1.29, 1.82) is 0 Å². The molecule has 0 bridgehead atoms. The molecule has 0 atom stereocenters. The number of aromatic carboxylic acids is 1. The van der Waals surface area contributed by atoms with Gasteiger partial charge < -0.3 is 14.6 Å². The molecule has 100 valence electrons. The molecule has 0 fully saturated rings. The van der Waals surface area contributed by atoms with Crippen LogP contribution in [0.5, 0.6) is 0 Å². The Balaban J connectivity index is 2.64. The van der Waals surface area contributed by atoms with E-state index in [0.29, 0.717) is 11.9 Å². The molecule has 0 unspecified atom stereocenters. The minimum Gasteiger partial charge on any atom is -0.477 e. The van der Waals surface area contributed by atoms with Crippen molar-refractivity contribution in [3.05, 3.63) is 46.2 Å². The van der Waals surface area contributed by atoms with E-state index in [1.807, 2.05) is 35.7 Å². The zero-order valence-electron chi connectivity index (χ0n) is 11.0. The van der Waals surface area contributed by atoms with E-state index in [1.54, 1.807) is 12.1 Å². The lowest BCUT2D eigenvalue weighted by Crippen LogP contribution is -2.23. The zero-order chi connectivity index (χ0) is 14.0. The summed E-state index contributed by atoms with van der Waals surface area (Å²) in [5.41, 5.74) is 0.154. The predicted octanol–water partition coefficient (Wildman–Crippen LogP) is 1.26. The molecule has 0 saturated heterocycles. The third-order valence-electron chi connectivity index (χ3n) is 3.01. The van der Waals surface area contributed by atoms with Crippen LogP contribution in [0.15, 0.2) is 35.3 Å². The number of para-hydroxylation sites is 1. The Hall–Kier alpha value is -2.14. The van der Waals surface area contributed by atoms with Crippen molar-refractivity contribution < 1.29 is 9.90 Å². The van der Waals surface area contributed by atoms with Crippen LogP contribution >= 0.6 is 0 Å². The van der Waals surface area contributed by atoms with Gasteiger partial charge in [-0.25, -0.2) is 4.79 Å². The molecular formula is C14H16N2O3. The van der Waals surface area contributed by atoms with Crippen LogP contribution in [0, 0.1) is 0 Å². The van der Waals surface area contributed by atoms with E-state index in [2.05, 4.69) is 0 Å². The minimum atomic E-state index is -1.19. The van der Waals surface area contributed by atoms with Gasteiger partial charge in [-0.05, 0) is 26.2 Å². The molecule has 2 aromatic rings. The molecule has 0 aliphatic rings. The lowest BCUT2D eigenvalue weighted by molar-refractivity contribution is 0.0695. The fraction of sp³-hybridized carbons (Fsp3) is 0.286. The topological polar surface area (TPSA) is 62.5 Å². The minimum absolute atomic E-state index is 0.183. The van der Waals surface area contributed by atoms with Crippen molar-refractivity contribution in [3.63, 3.8) is 0 Å². The Bertz CT molecular complexity index is 674. The molecule has 0 radical (unpaired) electrons. The summed E-state index contributed by atoms with van der Waals surface area (Å²) < 4.78 is 1.82. The summed E-state index contributed by atoms with van der Waals surface area (Å²) in [6, 6.07) is 7.08. The molecule has 5 nitrogen and oxygen atoms in total. The monoisotopic (exact) mass is 260 g/mol. The molecule has 0 spiro atoms. The molecule has 5 heteroatoms. The number of carbonyl (C=O) groups is 1. The van der Waals surface area contributed by atoms with Crippen LogP contribution in [0.1, 0.15) is 10.4 Å². The summed E-state index contributed by atoms with van der Waals surface area (Å²) in [4.78, 5) is 25.2. The quantitative estimate of drug-likeness (QED) is 0.899. The van der Waals surface area contributed by atoms with E-state index < -0.39 is 11.4 Å². The van der Waals surface area contributed by atoms with Crippen LogP contribution in [-0.4, -0.2) is 41.2 Å². The summed E-state index contributed by atoms with van der Waals surface area (Å²) in [6.45, 7) is 1.40. The van der Waals surface area contributed by atoms with Crippen molar-refractivity contribution in [2.45, 2.75) is 6.54 Å². The van der Waals surface area contributed by atoms with Gasteiger partial charge in [0, 0.05) is 24.7 Å². The van der Waals surface area contributed by atoms with Crippen LogP contribution in [0.3, 0.4) is 0 Å². The molecule has 1 N–H and O–H groups in total. The van der Waals surface area contributed by atoms with E-state index in [4.69, 9.17) is 5.11 Å². The van der Waals surface area contributed by atoms with Gasteiger partial charge in [0.1, 0.15) is 5.56 Å². The second kappa shape index (κ2) is 5.24. The van der Waals surface area contributed by atoms with E-state index >= 15 is 0 Å². The van der Waals surface area contributed by atoms with E-state index in [9.17, 15) is 9.59 Å². The highest BCUT2D eigenvalue weighted by Gasteiger charge is 2.13. The molecule has 1 heterocycles. The van der Waals surface area contributed by atoms with E-state index in [1.165, 1.54) is 6.20 Å². The number of fused-ring (bicyclic) bond motifs is 1. The van der Waals surface area contributed by atoms with Crippen LogP contribution in [0.2, 0.25) is 0 Å². The first-order valence-electron chi connectivity index (χ1n) is 6.01. The van der Waals surface area contributed by atoms with Gasteiger partial charge in [-0.3, -0.25) is 4.79 Å². The Kier molecular flexibility index (Phi) is 3.66. The zero-order valence-corrected chi connectivity index (χ0v) is 11.0. The van der Waals surface area contributed by atoms with Crippen molar-refractivity contribution in [2.24, 2.45) is 0 Å². The smallest absolute Gasteiger partial charge is 0.341 e. The van der Waals surface area contributed by atoms with Crippen LogP contribution < -0.4 is 5.43 Å². The Labute approximate surface area is 110 Å². The van der Waals surface area contributed by atoms with Crippen molar-refractivity contribution >= 4 is 16.9 Å². The predicted molar refractivity (Wildman–Crippen MR) is 73.7 cm³/mol. The van der Waals surface area contributed by atoms with Gasteiger partial charge in [-0.1, -0.05) is 12.1 Å². The molecular weight excluding hydrogens is 244 g/mol. The Morgan fingerprint density at radius 1 is 1.32 bits per heavy atom. The van der Waals surface area contributed by atoms with Crippen LogP contribution in [0.25, 0.3) is 10.9 Å². The van der Waals surface area contributed by atoms with Crippen LogP contribution in [-0.2, 0) is 6.54 Å². The van der Waals surface area contributed by atoms with Gasteiger partial charge in [0.15, 0.2) is 0 Å². The Morgan fingerprint density at radius 3 is 2.63 bits per heavy atom. The summed E-state index contributed by atoms with van der Waals surface area (Å²) in [6.07, 6.45) is 1.43. The fourth-order valence-electron chi connectivity index (χ4n) is 1.99. The number of rotatable bonds is 4. The van der Waals surface area contributed by atoms with Crippen molar-refractivity contribution in [3.8, 4) is 0 Å².